The molecule has 0 aromatic heterocycles. The predicted molar refractivity (Wildman–Crippen MR) is 68.8 cm³/mol. The fourth-order valence-corrected chi connectivity index (χ4v) is 1.92. The highest BCUT2D eigenvalue weighted by atomic mass is 35.5. The summed E-state index contributed by atoms with van der Waals surface area (Å²) in [5, 5.41) is 0.335. The van der Waals surface area contributed by atoms with E-state index in [9.17, 15) is 9.18 Å². The van der Waals surface area contributed by atoms with Gasteiger partial charge >= 0.3 is 0 Å². The SMILES string of the molecule is CC(C)CCCC(=O)Cc1c(F)cccc1Cl. The Kier molecular flexibility index (Phi) is 5.63. The highest BCUT2D eigenvalue weighted by Gasteiger charge is 2.11. The van der Waals surface area contributed by atoms with Crippen LogP contribution in [-0.4, -0.2) is 5.78 Å². The summed E-state index contributed by atoms with van der Waals surface area (Å²) in [5.74, 6) is 0.257. The second-order valence-electron chi connectivity index (χ2n) is 4.70. The van der Waals surface area contributed by atoms with E-state index < -0.39 is 5.82 Å². The van der Waals surface area contributed by atoms with E-state index in [1.807, 2.05) is 0 Å². The predicted octanol–water partition coefficient (Wildman–Crippen LogP) is 4.42. The number of hydrogen-bond donors (Lipinski definition) is 0. The zero-order valence-corrected chi connectivity index (χ0v) is 11.1. The first kappa shape index (κ1) is 14.2. The van der Waals surface area contributed by atoms with E-state index >= 15 is 0 Å². The Morgan fingerprint density at radius 2 is 2.12 bits per heavy atom. The molecule has 0 heterocycles. The van der Waals surface area contributed by atoms with Gasteiger partial charge in [-0.25, -0.2) is 4.39 Å². The third kappa shape index (κ3) is 4.86. The molecule has 3 heteroatoms. The number of halogens is 2. The maximum absolute atomic E-state index is 13.4. The molecule has 0 bridgehead atoms. The lowest BCUT2D eigenvalue weighted by atomic mass is 10.0. The van der Waals surface area contributed by atoms with Gasteiger partial charge in [-0.1, -0.05) is 37.9 Å². The summed E-state index contributed by atoms with van der Waals surface area (Å²) in [7, 11) is 0. The Labute approximate surface area is 107 Å². The minimum absolute atomic E-state index is 0.0534. The standard InChI is InChI=1S/C14H18ClFO/c1-10(2)5-3-6-11(17)9-12-13(15)7-4-8-14(12)16/h4,7-8,10H,3,5-6,9H2,1-2H3. The zero-order chi connectivity index (χ0) is 12.8. The number of benzene rings is 1. The fourth-order valence-electron chi connectivity index (χ4n) is 1.69. The van der Waals surface area contributed by atoms with Crippen molar-refractivity contribution in [2.24, 2.45) is 5.92 Å². The molecule has 0 aliphatic heterocycles. The van der Waals surface area contributed by atoms with Crippen LogP contribution in [0.1, 0.15) is 38.7 Å². The van der Waals surface area contributed by atoms with Crippen LogP contribution in [-0.2, 0) is 11.2 Å². The number of hydrogen-bond acceptors (Lipinski definition) is 1. The van der Waals surface area contributed by atoms with Crippen LogP contribution in [0.5, 0.6) is 0 Å². The number of carbonyl (C=O) groups excluding carboxylic acids is 1. The Morgan fingerprint density at radius 1 is 1.41 bits per heavy atom. The molecule has 1 aromatic rings. The average molecular weight is 257 g/mol. The first-order chi connectivity index (χ1) is 8.00. The third-order valence-electron chi connectivity index (χ3n) is 2.67. The third-order valence-corrected chi connectivity index (χ3v) is 3.03. The second-order valence-corrected chi connectivity index (χ2v) is 5.11. The molecule has 0 saturated heterocycles. The summed E-state index contributed by atoms with van der Waals surface area (Å²) >= 11 is 5.87. The lowest BCUT2D eigenvalue weighted by molar-refractivity contribution is -0.118. The van der Waals surface area contributed by atoms with Crippen LogP contribution in [0.3, 0.4) is 0 Å². The van der Waals surface area contributed by atoms with Crippen molar-refractivity contribution in [3.05, 3.63) is 34.6 Å². The molecule has 0 aliphatic carbocycles. The first-order valence-corrected chi connectivity index (χ1v) is 6.33. The van der Waals surface area contributed by atoms with Gasteiger partial charge in [-0.15, -0.1) is 0 Å². The zero-order valence-electron chi connectivity index (χ0n) is 10.3. The molecule has 0 N–H and O–H groups in total. The minimum Gasteiger partial charge on any atom is -0.299 e. The van der Waals surface area contributed by atoms with Crippen molar-refractivity contribution < 1.29 is 9.18 Å². The summed E-state index contributed by atoms with van der Waals surface area (Å²) < 4.78 is 13.4. The summed E-state index contributed by atoms with van der Waals surface area (Å²) in [4.78, 5) is 11.7. The molecule has 0 amide bonds. The fraction of sp³-hybridized carbons (Fsp3) is 0.500. The summed E-state index contributed by atoms with van der Waals surface area (Å²) in [6.45, 7) is 4.25. The van der Waals surface area contributed by atoms with Gasteiger partial charge in [-0.05, 0) is 24.5 Å². The van der Waals surface area contributed by atoms with Crippen LogP contribution >= 0.6 is 11.6 Å². The lowest BCUT2D eigenvalue weighted by Crippen LogP contribution is -2.05. The van der Waals surface area contributed by atoms with Gasteiger partial charge in [0.05, 0.1) is 0 Å². The van der Waals surface area contributed by atoms with E-state index in [-0.39, 0.29) is 12.2 Å². The van der Waals surface area contributed by atoms with Gasteiger partial charge in [0.15, 0.2) is 0 Å². The van der Waals surface area contributed by atoms with E-state index in [0.29, 0.717) is 22.9 Å². The quantitative estimate of drug-likeness (QED) is 0.737. The van der Waals surface area contributed by atoms with Crippen molar-refractivity contribution in [2.75, 3.05) is 0 Å². The highest BCUT2D eigenvalue weighted by Crippen LogP contribution is 2.20. The number of carbonyl (C=O) groups is 1. The maximum atomic E-state index is 13.4. The highest BCUT2D eigenvalue weighted by molar-refractivity contribution is 6.31. The van der Waals surface area contributed by atoms with Gasteiger partial charge < -0.3 is 0 Å². The molecule has 17 heavy (non-hydrogen) atoms. The van der Waals surface area contributed by atoms with Gasteiger partial charge in [0.2, 0.25) is 0 Å². The summed E-state index contributed by atoms with van der Waals surface area (Å²) in [5.41, 5.74) is 0.323. The van der Waals surface area contributed by atoms with Crippen molar-refractivity contribution in [3.63, 3.8) is 0 Å². The van der Waals surface area contributed by atoms with E-state index in [2.05, 4.69) is 13.8 Å². The van der Waals surface area contributed by atoms with Gasteiger partial charge in [-0.3, -0.25) is 4.79 Å². The van der Waals surface area contributed by atoms with E-state index in [1.54, 1.807) is 12.1 Å². The van der Waals surface area contributed by atoms with Crippen molar-refractivity contribution in [3.8, 4) is 0 Å². The smallest absolute Gasteiger partial charge is 0.137 e. The van der Waals surface area contributed by atoms with Crippen molar-refractivity contribution in [1.82, 2.24) is 0 Å². The molecule has 1 nitrogen and oxygen atoms in total. The molecule has 0 fully saturated rings. The monoisotopic (exact) mass is 256 g/mol. The van der Waals surface area contributed by atoms with Crippen LogP contribution in [0.25, 0.3) is 0 Å². The Balaban J connectivity index is 2.51. The van der Waals surface area contributed by atoms with Crippen LogP contribution < -0.4 is 0 Å². The van der Waals surface area contributed by atoms with Gasteiger partial charge in [-0.2, -0.15) is 0 Å². The molecule has 1 aromatic carbocycles. The Bertz CT molecular complexity index is 368. The van der Waals surface area contributed by atoms with Crippen LogP contribution in [0.4, 0.5) is 4.39 Å². The normalized spacial score (nSPS) is 10.9. The molecule has 0 aliphatic rings. The van der Waals surface area contributed by atoms with Gasteiger partial charge in [0, 0.05) is 23.4 Å². The average Bonchev–Trinajstić information content (AvgIpc) is 2.23. The lowest BCUT2D eigenvalue weighted by Gasteiger charge is -2.06. The van der Waals surface area contributed by atoms with Crippen molar-refractivity contribution in [2.45, 2.75) is 39.5 Å². The molecule has 0 unspecified atom stereocenters. The Morgan fingerprint density at radius 3 is 2.71 bits per heavy atom. The molecular formula is C14H18ClFO. The van der Waals surface area contributed by atoms with Gasteiger partial charge in [0.1, 0.15) is 11.6 Å². The number of ketones is 1. The first-order valence-electron chi connectivity index (χ1n) is 5.95. The largest absolute Gasteiger partial charge is 0.299 e. The van der Waals surface area contributed by atoms with E-state index in [1.165, 1.54) is 6.07 Å². The maximum Gasteiger partial charge on any atom is 0.137 e. The van der Waals surface area contributed by atoms with Crippen LogP contribution in [0.15, 0.2) is 18.2 Å². The molecule has 0 radical (unpaired) electrons. The van der Waals surface area contributed by atoms with Crippen molar-refractivity contribution >= 4 is 17.4 Å². The minimum atomic E-state index is -0.394. The molecular weight excluding hydrogens is 239 g/mol. The molecule has 0 atom stereocenters. The summed E-state index contributed by atoms with van der Waals surface area (Å²) in [6.07, 6.45) is 2.49. The van der Waals surface area contributed by atoms with Crippen molar-refractivity contribution in [1.29, 1.82) is 0 Å². The molecule has 1 rings (SSSR count). The Hall–Kier alpha value is -0.890. The van der Waals surface area contributed by atoms with Gasteiger partial charge in [0.25, 0.3) is 0 Å². The summed E-state index contributed by atoms with van der Waals surface area (Å²) in [6, 6.07) is 4.49. The molecule has 0 saturated carbocycles. The van der Waals surface area contributed by atoms with Crippen LogP contribution in [0, 0.1) is 11.7 Å². The number of Topliss-reactive ketones (excluding diaryl/α,β-unsaturated/α-hetero) is 1. The molecule has 0 spiro atoms. The van der Waals surface area contributed by atoms with E-state index in [4.69, 9.17) is 11.6 Å². The number of rotatable bonds is 6. The van der Waals surface area contributed by atoms with E-state index in [0.717, 1.165) is 12.8 Å². The van der Waals surface area contributed by atoms with Crippen LogP contribution in [0.2, 0.25) is 5.02 Å². The second kappa shape index (κ2) is 6.75. The molecule has 94 valence electrons. The topological polar surface area (TPSA) is 17.1 Å².